The van der Waals surface area contributed by atoms with E-state index in [1.165, 1.54) is 24.1 Å². The molecule has 2 aromatic carbocycles. The molecule has 148 valence electrons. The average molecular weight is 378 g/mol. The molecular weight excluding hydrogens is 346 g/mol. The van der Waals surface area contributed by atoms with E-state index in [0.717, 1.165) is 51.0 Å². The number of nitrogens with one attached hydrogen (secondary N) is 2. The Morgan fingerprint density at radius 2 is 1.57 bits per heavy atom. The van der Waals surface area contributed by atoms with Crippen LogP contribution in [0.4, 0.5) is 11.4 Å². The fourth-order valence-electron chi connectivity index (χ4n) is 4.39. The first kappa shape index (κ1) is 19.0. The summed E-state index contributed by atoms with van der Waals surface area (Å²) in [6, 6.07) is 19.6. The third-order valence-corrected chi connectivity index (χ3v) is 6.16. The second-order valence-electron chi connectivity index (χ2n) is 8.15. The van der Waals surface area contributed by atoms with Crippen LogP contribution in [0.2, 0.25) is 0 Å². The normalized spacial score (nSPS) is 18.4. The zero-order chi connectivity index (χ0) is 19.2. The van der Waals surface area contributed by atoms with Gasteiger partial charge in [-0.1, -0.05) is 43.2 Å². The second kappa shape index (κ2) is 9.24. The minimum Gasteiger partial charge on any atom is -0.371 e. The molecule has 2 fully saturated rings. The number of anilines is 2. The van der Waals surface area contributed by atoms with Gasteiger partial charge in [-0.15, -0.1) is 0 Å². The van der Waals surface area contributed by atoms with Gasteiger partial charge in [-0.25, -0.2) is 0 Å². The van der Waals surface area contributed by atoms with Crippen molar-refractivity contribution in [1.82, 2.24) is 5.32 Å². The molecule has 4 rings (SSSR count). The van der Waals surface area contributed by atoms with Gasteiger partial charge in [0, 0.05) is 43.0 Å². The molecule has 1 aliphatic carbocycles. The van der Waals surface area contributed by atoms with Crippen LogP contribution in [0.25, 0.3) is 0 Å². The van der Waals surface area contributed by atoms with Crippen molar-refractivity contribution in [1.29, 1.82) is 0 Å². The summed E-state index contributed by atoms with van der Waals surface area (Å²) in [7, 11) is 0. The van der Waals surface area contributed by atoms with Crippen molar-refractivity contribution in [2.45, 2.75) is 51.1 Å². The lowest BCUT2D eigenvalue weighted by molar-refractivity contribution is -0.119. The third kappa shape index (κ3) is 4.93. The summed E-state index contributed by atoms with van der Waals surface area (Å²) in [6.45, 7) is 3.08. The molecule has 0 bridgehead atoms. The van der Waals surface area contributed by atoms with Gasteiger partial charge >= 0.3 is 0 Å². The number of nitrogens with zero attached hydrogens (tertiary/aromatic N) is 1. The summed E-state index contributed by atoms with van der Waals surface area (Å²) in [5, 5.41) is 6.78. The fraction of sp³-hybridized carbons (Fsp3) is 0.458. The Balaban J connectivity index is 1.23. The zero-order valence-corrected chi connectivity index (χ0v) is 16.6. The highest BCUT2D eigenvalue weighted by Crippen LogP contribution is 2.27. The van der Waals surface area contributed by atoms with E-state index in [0.29, 0.717) is 6.04 Å². The number of benzene rings is 2. The van der Waals surface area contributed by atoms with Gasteiger partial charge in [-0.3, -0.25) is 4.79 Å². The van der Waals surface area contributed by atoms with Crippen molar-refractivity contribution in [3.8, 4) is 0 Å². The first-order valence-corrected chi connectivity index (χ1v) is 10.7. The Bertz CT molecular complexity index is 745. The van der Waals surface area contributed by atoms with E-state index in [4.69, 9.17) is 0 Å². The van der Waals surface area contributed by atoms with E-state index in [9.17, 15) is 4.79 Å². The molecule has 0 spiro atoms. The first-order chi connectivity index (χ1) is 13.8. The highest BCUT2D eigenvalue weighted by Gasteiger charge is 2.23. The molecule has 1 aliphatic heterocycles. The highest BCUT2D eigenvalue weighted by molar-refractivity contribution is 5.92. The second-order valence-corrected chi connectivity index (χ2v) is 8.15. The molecule has 1 saturated carbocycles. The molecule has 1 heterocycles. The largest absolute Gasteiger partial charge is 0.371 e. The first-order valence-electron chi connectivity index (χ1n) is 10.7. The van der Waals surface area contributed by atoms with Crippen molar-refractivity contribution >= 4 is 17.3 Å². The topological polar surface area (TPSA) is 44.4 Å². The van der Waals surface area contributed by atoms with Crippen LogP contribution < -0.4 is 15.5 Å². The maximum absolute atomic E-state index is 12.3. The quantitative estimate of drug-likeness (QED) is 0.775. The number of piperidine rings is 1. The Hall–Kier alpha value is -2.33. The van der Waals surface area contributed by atoms with Crippen LogP contribution in [-0.4, -0.2) is 25.0 Å². The van der Waals surface area contributed by atoms with Crippen LogP contribution in [0.3, 0.4) is 0 Å². The van der Waals surface area contributed by atoms with Crippen LogP contribution in [0, 0.1) is 5.92 Å². The van der Waals surface area contributed by atoms with Gasteiger partial charge in [-0.2, -0.15) is 0 Å². The van der Waals surface area contributed by atoms with E-state index in [2.05, 4.69) is 58.0 Å². The van der Waals surface area contributed by atoms with E-state index in [1.54, 1.807) is 0 Å². The smallest absolute Gasteiger partial charge is 0.227 e. The number of hydrogen-bond acceptors (Lipinski definition) is 3. The fourth-order valence-corrected chi connectivity index (χ4v) is 4.39. The highest BCUT2D eigenvalue weighted by atomic mass is 16.1. The van der Waals surface area contributed by atoms with Crippen LogP contribution in [0.1, 0.15) is 44.1 Å². The molecule has 0 atom stereocenters. The van der Waals surface area contributed by atoms with Crippen molar-refractivity contribution in [3.63, 3.8) is 0 Å². The van der Waals surface area contributed by atoms with Crippen LogP contribution in [-0.2, 0) is 11.3 Å². The van der Waals surface area contributed by atoms with Crippen LogP contribution >= 0.6 is 0 Å². The van der Waals surface area contributed by atoms with Crippen LogP contribution in [0.15, 0.2) is 54.6 Å². The van der Waals surface area contributed by atoms with Crippen molar-refractivity contribution in [3.05, 3.63) is 60.2 Å². The van der Waals surface area contributed by atoms with Crippen molar-refractivity contribution < 1.29 is 4.79 Å². The maximum atomic E-state index is 12.3. The van der Waals surface area contributed by atoms with Crippen molar-refractivity contribution in [2.75, 3.05) is 23.3 Å². The van der Waals surface area contributed by atoms with Gasteiger partial charge in [0.05, 0.1) is 0 Å². The molecule has 0 aromatic heterocycles. The standard InChI is InChI=1S/C24H31N3O/c28-24(20-8-4-5-9-20)26-22-10-12-23(13-11-22)27-16-14-21(15-17-27)25-18-19-6-2-1-3-7-19/h1-3,6-7,10-13,20-21,25H,4-5,8-9,14-18H2,(H,26,28). The number of hydrogen-bond donors (Lipinski definition) is 2. The lowest BCUT2D eigenvalue weighted by atomic mass is 10.0. The van der Waals surface area contributed by atoms with Crippen LogP contribution in [0.5, 0.6) is 0 Å². The summed E-state index contributed by atoms with van der Waals surface area (Å²) in [5.41, 5.74) is 3.51. The minimum absolute atomic E-state index is 0.190. The lowest BCUT2D eigenvalue weighted by Gasteiger charge is -2.34. The predicted octanol–water partition coefficient (Wildman–Crippen LogP) is 4.57. The Kier molecular flexibility index (Phi) is 6.27. The number of carbonyl (C=O) groups is 1. The summed E-state index contributed by atoms with van der Waals surface area (Å²) in [5.74, 6) is 0.401. The molecule has 1 amide bonds. The van der Waals surface area contributed by atoms with Gasteiger partial charge in [0.25, 0.3) is 0 Å². The monoisotopic (exact) mass is 377 g/mol. The molecule has 4 heteroatoms. The average Bonchev–Trinajstić information content (AvgIpc) is 3.29. The summed E-state index contributed by atoms with van der Waals surface area (Å²) in [6.07, 6.45) is 6.77. The number of rotatable bonds is 6. The van der Waals surface area contributed by atoms with Gasteiger partial charge < -0.3 is 15.5 Å². The molecule has 0 unspecified atom stereocenters. The predicted molar refractivity (Wildman–Crippen MR) is 116 cm³/mol. The minimum atomic E-state index is 0.190. The lowest BCUT2D eigenvalue weighted by Crippen LogP contribution is -2.42. The Labute approximate surface area is 168 Å². The molecule has 28 heavy (non-hydrogen) atoms. The molecule has 0 radical (unpaired) electrons. The van der Waals surface area contributed by atoms with Gasteiger partial charge in [0.1, 0.15) is 0 Å². The van der Waals surface area contributed by atoms with Crippen molar-refractivity contribution in [2.24, 2.45) is 5.92 Å². The van der Waals surface area contributed by atoms with E-state index >= 15 is 0 Å². The molecular formula is C24H31N3O. The number of amides is 1. The molecule has 2 aliphatic rings. The Morgan fingerprint density at radius 1 is 0.893 bits per heavy atom. The van der Waals surface area contributed by atoms with E-state index in [-0.39, 0.29) is 11.8 Å². The Morgan fingerprint density at radius 3 is 2.25 bits per heavy atom. The van der Waals surface area contributed by atoms with Gasteiger partial charge in [0.2, 0.25) is 5.91 Å². The summed E-state index contributed by atoms with van der Waals surface area (Å²) >= 11 is 0. The third-order valence-electron chi connectivity index (χ3n) is 6.16. The maximum Gasteiger partial charge on any atom is 0.227 e. The molecule has 4 nitrogen and oxygen atoms in total. The van der Waals surface area contributed by atoms with E-state index in [1.807, 2.05) is 12.1 Å². The summed E-state index contributed by atoms with van der Waals surface area (Å²) < 4.78 is 0. The molecule has 2 N–H and O–H groups in total. The van der Waals surface area contributed by atoms with Gasteiger partial charge in [-0.05, 0) is 55.5 Å². The SMILES string of the molecule is O=C(Nc1ccc(N2CCC(NCc3ccccc3)CC2)cc1)C1CCCC1. The molecule has 1 saturated heterocycles. The van der Waals surface area contributed by atoms with E-state index < -0.39 is 0 Å². The molecule has 2 aromatic rings. The zero-order valence-electron chi connectivity index (χ0n) is 16.6. The summed E-state index contributed by atoms with van der Waals surface area (Å²) in [4.78, 5) is 14.7. The van der Waals surface area contributed by atoms with Gasteiger partial charge in [0.15, 0.2) is 0 Å². The number of carbonyl (C=O) groups excluding carboxylic acids is 1.